The van der Waals surface area contributed by atoms with Crippen LogP contribution in [0.1, 0.15) is 45.8 Å². The van der Waals surface area contributed by atoms with Crippen LogP contribution in [0.15, 0.2) is 24.3 Å². The maximum absolute atomic E-state index is 12.2. The zero-order valence-electron chi connectivity index (χ0n) is 16.5. The third kappa shape index (κ3) is 5.04. The van der Waals surface area contributed by atoms with Crippen molar-refractivity contribution >= 4 is 11.7 Å². The maximum atomic E-state index is 12.2. The molecule has 0 unspecified atom stereocenters. The van der Waals surface area contributed by atoms with Crippen molar-refractivity contribution in [3.05, 3.63) is 52.5 Å². The summed E-state index contributed by atoms with van der Waals surface area (Å²) in [5.41, 5.74) is 4.23. The molecule has 1 fully saturated rings. The first-order valence-electron chi connectivity index (χ1n) is 9.68. The number of aryl methyl sites for hydroxylation is 2. The zero-order valence-corrected chi connectivity index (χ0v) is 16.5. The van der Waals surface area contributed by atoms with Gasteiger partial charge in [-0.15, -0.1) is 0 Å². The van der Waals surface area contributed by atoms with Gasteiger partial charge in [0.2, 0.25) is 0 Å². The van der Waals surface area contributed by atoms with Crippen molar-refractivity contribution in [2.75, 3.05) is 38.5 Å². The van der Waals surface area contributed by atoms with Crippen LogP contribution < -0.4 is 10.6 Å². The Hall–Kier alpha value is -2.47. The number of amides is 1. The topological polar surface area (TPSA) is 70.2 Å². The Bertz CT molecular complexity index is 799. The molecule has 0 radical (unpaired) electrons. The molecule has 27 heavy (non-hydrogen) atoms. The highest BCUT2D eigenvalue weighted by molar-refractivity contribution is 5.93. The fourth-order valence-corrected chi connectivity index (χ4v) is 3.51. The van der Waals surface area contributed by atoms with Crippen LogP contribution in [0.3, 0.4) is 0 Å². The average Bonchev–Trinajstić information content (AvgIpc) is 3.16. The SMILES string of the molecule is CNC(=O)c1nc(Cc2cccc(C)c2)c(NCCN2CCCC2)nc1C. The van der Waals surface area contributed by atoms with Crippen molar-refractivity contribution in [3.8, 4) is 0 Å². The molecule has 0 bridgehead atoms. The molecule has 0 spiro atoms. The monoisotopic (exact) mass is 367 g/mol. The minimum absolute atomic E-state index is 0.200. The minimum Gasteiger partial charge on any atom is -0.367 e. The van der Waals surface area contributed by atoms with Gasteiger partial charge in [-0.05, 0) is 45.3 Å². The molecular formula is C21H29N5O. The van der Waals surface area contributed by atoms with E-state index >= 15 is 0 Å². The number of likely N-dealkylation sites (tertiary alicyclic amines) is 1. The van der Waals surface area contributed by atoms with E-state index in [9.17, 15) is 4.79 Å². The lowest BCUT2D eigenvalue weighted by atomic mass is 10.1. The van der Waals surface area contributed by atoms with Gasteiger partial charge in [0.15, 0.2) is 0 Å². The molecular weight excluding hydrogens is 338 g/mol. The van der Waals surface area contributed by atoms with Gasteiger partial charge in [-0.1, -0.05) is 29.8 Å². The lowest BCUT2D eigenvalue weighted by Gasteiger charge is -2.17. The van der Waals surface area contributed by atoms with Gasteiger partial charge < -0.3 is 15.5 Å². The number of nitrogens with one attached hydrogen (secondary N) is 2. The largest absolute Gasteiger partial charge is 0.367 e. The predicted octanol–water partition coefficient (Wildman–Crippen LogP) is 2.55. The predicted molar refractivity (Wildman–Crippen MR) is 108 cm³/mol. The van der Waals surface area contributed by atoms with E-state index in [1.807, 2.05) is 13.0 Å². The van der Waals surface area contributed by atoms with Gasteiger partial charge >= 0.3 is 0 Å². The van der Waals surface area contributed by atoms with E-state index in [0.717, 1.165) is 24.6 Å². The van der Waals surface area contributed by atoms with Crippen LogP contribution in [-0.2, 0) is 6.42 Å². The van der Waals surface area contributed by atoms with Crippen molar-refractivity contribution in [2.24, 2.45) is 0 Å². The molecule has 1 aromatic carbocycles. The molecule has 1 saturated heterocycles. The van der Waals surface area contributed by atoms with Crippen molar-refractivity contribution < 1.29 is 4.79 Å². The number of aromatic nitrogens is 2. The minimum atomic E-state index is -0.200. The normalized spacial score (nSPS) is 14.3. The molecule has 3 rings (SSSR count). The highest BCUT2D eigenvalue weighted by atomic mass is 16.1. The number of benzene rings is 1. The maximum Gasteiger partial charge on any atom is 0.271 e. The Kier molecular flexibility index (Phi) is 6.40. The number of carbonyl (C=O) groups is 1. The fraction of sp³-hybridized carbons (Fsp3) is 0.476. The van der Waals surface area contributed by atoms with Crippen LogP contribution in [-0.4, -0.2) is 54.0 Å². The van der Waals surface area contributed by atoms with Gasteiger partial charge in [-0.3, -0.25) is 4.79 Å². The molecule has 1 aromatic heterocycles. The van der Waals surface area contributed by atoms with Crippen LogP contribution >= 0.6 is 0 Å². The van der Waals surface area contributed by atoms with E-state index in [-0.39, 0.29) is 5.91 Å². The lowest BCUT2D eigenvalue weighted by Crippen LogP contribution is -2.27. The summed E-state index contributed by atoms with van der Waals surface area (Å²) in [6, 6.07) is 8.36. The van der Waals surface area contributed by atoms with E-state index < -0.39 is 0 Å². The summed E-state index contributed by atoms with van der Waals surface area (Å²) >= 11 is 0. The average molecular weight is 367 g/mol. The molecule has 1 aliphatic heterocycles. The second-order valence-electron chi connectivity index (χ2n) is 7.17. The van der Waals surface area contributed by atoms with Crippen LogP contribution in [0.25, 0.3) is 0 Å². The van der Waals surface area contributed by atoms with Gasteiger partial charge in [0.25, 0.3) is 5.91 Å². The number of nitrogens with zero attached hydrogens (tertiary/aromatic N) is 3. The highest BCUT2D eigenvalue weighted by Gasteiger charge is 2.17. The highest BCUT2D eigenvalue weighted by Crippen LogP contribution is 2.19. The molecule has 1 aliphatic rings. The molecule has 6 heteroatoms. The first-order valence-corrected chi connectivity index (χ1v) is 9.68. The molecule has 0 saturated carbocycles. The van der Waals surface area contributed by atoms with Crippen LogP contribution in [0.5, 0.6) is 0 Å². The van der Waals surface area contributed by atoms with E-state index in [1.54, 1.807) is 7.05 Å². The van der Waals surface area contributed by atoms with E-state index in [2.05, 4.69) is 50.6 Å². The Morgan fingerprint density at radius 2 is 1.96 bits per heavy atom. The Balaban J connectivity index is 1.82. The van der Waals surface area contributed by atoms with E-state index in [0.29, 0.717) is 17.8 Å². The first kappa shape index (κ1) is 19.3. The molecule has 0 atom stereocenters. The van der Waals surface area contributed by atoms with Crippen molar-refractivity contribution in [2.45, 2.75) is 33.1 Å². The second kappa shape index (κ2) is 8.95. The molecule has 2 aromatic rings. The zero-order chi connectivity index (χ0) is 19.2. The summed E-state index contributed by atoms with van der Waals surface area (Å²) < 4.78 is 0. The summed E-state index contributed by atoms with van der Waals surface area (Å²) in [6.45, 7) is 8.10. The molecule has 6 nitrogen and oxygen atoms in total. The number of rotatable bonds is 7. The van der Waals surface area contributed by atoms with Gasteiger partial charge in [-0.25, -0.2) is 9.97 Å². The number of hydrogen-bond acceptors (Lipinski definition) is 5. The molecule has 1 amide bonds. The van der Waals surface area contributed by atoms with Crippen LogP contribution in [0.2, 0.25) is 0 Å². The van der Waals surface area contributed by atoms with Gasteiger partial charge in [0.05, 0.1) is 11.4 Å². The van der Waals surface area contributed by atoms with Crippen LogP contribution in [0.4, 0.5) is 5.82 Å². The van der Waals surface area contributed by atoms with E-state index in [1.165, 1.54) is 37.1 Å². The van der Waals surface area contributed by atoms with Gasteiger partial charge in [0.1, 0.15) is 11.5 Å². The fourth-order valence-electron chi connectivity index (χ4n) is 3.51. The first-order chi connectivity index (χ1) is 13.1. The summed E-state index contributed by atoms with van der Waals surface area (Å²) in [5, 5.41) is 6.11. The van der Waals surface area contributed by atoms with Crippen molar-refractivity contribution in [1.82, 2.24) is 20.2 Å². The van der Waals surface area contributed by atoms with Gasteiger partial charge in [0, 0.05) is 26.6 Å². The number of carbonyl (C=O) groups excluding carboxylic acids is 1. The Labute approximate surface area is 161 Å². The Morgan fingerprint density at radius 1 is 1.19 bits per heavy atom. The third-order valence-corrected chi connectivity index (χ3v) is 4.96. The molecule has 0 aliphatic carbocycles. The van der Waals surface area contributed by atoms with Crippen LogP contribution in [0, 0.1) is 13.8 Å². The molecule has 2 N–H and O–H groups in total. The third-order valence-electron chi connectivity index (χ3n) is 4.96. The number of anilines is 1. The standard InChI is InChI=1S/C21H29N5O/c1-15-7-6-8-17(13-15)14-18-20(23-9-12-26-10-4-5-11-26)24-16(2)19(25-18)21(27)22-3/h6-8,13H,4-5,9-12,14H2,1-3H3,(H,22,27)(H,23,24). The summed E-state index contributed by atoms with van der Waals surface area (Å²) in [6.07, 6.45) is 3.22. The quantitative estimate of drug-likeness (QED) is 0.787. The van der Waals surface area contributed by atoms with E-state index in [4.69, 9.17) is 0 Å². The lowest BCUT2D eigenvalue weighted by molar-refractivity contribution is 0.0957. The molecule has 144 valence electrons. The molecule has 2 heterocycles. The summed E-state index contributed by atoms with van der Waals surface area (Å²) in [5.74, 6) is 0.579. The van der Waals surface area contributed by atoms with Crippen molar-refractivity contribution in [1.29, 1.82) is 0 Å². The summed E-state index contributed by atoms with van der Waals surface area (Å²) in [4.78, 5) is 24.0. The second-order valence-corrected chi connectivity index (χ2v) is 7.17. The summed E-state index contributed by atoms with van der Waals surface area (Å²) in [7, 11) is 1.62. The number of hydrogen-bond donors (Lipinski definition) is 2. The Morgan fingerprint density at radius 3 is 2.67 bits per heavy atom. The van der Waals surface area contributed by atoms with Crippen molar-refractivity contribution in [3.63, 3.8) is 0 Å². The van der Waals surface area contributed by atoms with Gasteiger partial charge in [-0.2, -0.15) is 0 Å². The smallest absolute Gasteiger partial charge is 0.271 e.